The number of carbonyl (C=O) groups excluding carboxylic acids is 1. The van der Waals surface area contributed by atoms with Crippen LogP contribution in [0.1, 0.15) is 58.6 Å². The van der Waals surface area contributed by atoms with Gasteiger partial charge in [-0.15, -0.1) is 0 Å². The van der Waals surface area contributed by atoms with Crippen molar-refractivity contribution >= 4 is 5.91 Å². The number of benzene rings is 1. The molecule has 2 aromatic rings. The van der Waals surface area contributed by atoms with Gasteiger partial charge < -0.3 is 10.6 Å². The van der Waals surface area contributed by atoms with E-state index in [0.717, 1.165) is 56.6 Å². The molecule has 0 bridgehead atoms. The highest BCUT2D eigenvalue weighted by atomic mass is 16.1. The van der Waals surface area contributed by atoms with Crippen LogP contribution in [0.25, 0.3) is 5.69 Å². The highest BCUT2D eigenvalue weighted by Crippen LogP contribution is 2.29. The lowest BCUT2D eigenvalue weighted by atomic mass is 9.96. The number of aromatic nitrogens is 2. The molecular formula is C22H30N4O. The molecule has 1 atom stereocenters. The van der Waals surface area contributed by atoms with Crippen LogP contribution in [0.15, 0.2) is 18.2 Å². The van der Waals surface area contributed by atoms with Gasteiger partial charge in [-0.25, -0.2) is 4.68 Å². The van der Waals surface area contributed by atoms with Gasteiger partial charge in [0.25, 0.3) is 5.91 Å². The number of piperidine rings is 1. The van der Waals surface area contributed by atoms with Crippen molar-refractivity contribution in [1.29, 1.82) is 0 Å². The van der Waals surface area contributed by atoms with Crippen molar-refractivity contribution in [1.82, 2.24) is 20.4 Å². The summed E-state index contributed by atoms with van der Waals surface area (Å²) in [5, 5.41) is 11.3. The number of carbonyl (C=O) groups is 1. The molecule has 5 nitrogen and oxygen atoms in total. The molecule has 5 heteroatoms. The summed E-state index contributed by atoms with van der Waals surface area (Å²) in [6.07, 6.45) is 6.60. The predicted octanol–water partition coefficient (Wildman–Crippen LogP) is 3.10. The lowest BCUT2D eigenvalue weighted by Gasteiger charge is -2.22. The van der Waals surface area contributed by atoms with Crippen molar-refractivity contribution in [2.24, 2.45) is 5.92 Å². The minimum atomic E-state index is -0.0135. The Bertz CT molecular complexity index is 833. The van der Waals surface area contributed by atoms with Gasteiger partial charge in [0.2, 0.25) is 0 Å². The predicted molar refractivity (Wildman–Crippen MR) is 108 cm³/mol. The third kappa shape index (κ3) is 3.79. The quantitative estimate of drug-likeness (QED) is 0.855. The van der Waals surface area contributed by atoms with Gasteiger partial charge in [-0.2, -0.15) is 5.10 Å². The molecule has 1 aliphatic heterocycles. The van der Waals surface area contributed by atoms with Crippen molar-refractivity contribution in [3.63, 3.8) is 0 Å². The molecule has 1 unspecified atom stereocenters. The largest absolute Gasteiger partial charge is 0.351 e. The fourth-order valence-electron chi connectivity index (χ4n) is 4.51. The molecule has 2 aliphatic rings. The molecule has 0 spiro atoms. The summed E-state index contributed by atoms with van der Waals surface area (Å²) >= 11 is 0. The second kappa shape index (κ2) is 7.85. The number of nitrogens with one attached hydrogen (secondary N) is 2. The summed E-state index contributed by atoms with van der Waals surface area (Å²) in [5.41, 5.74) is 6.52. The standard InChI is InChI=1S/C22H30N4O/c1-15-8-9-19(16(2)13-15)26-20-7-3-6-18(20)21(25-26)22(27)24-12-10-17-5-4-11-23-14-17/h8-9,13,17,23H,3-7,10-12,14H2,1-2H3,(H,24,27). The molecule has 4 rings (SSSR count). The third-order valence-electron chi connectivity index (χ3n) is 5.96. The Balaban J connectivity index is 1.50. The van der Waals surface area contributed by atoms with E-state index in [4.69, 9.17) is 5.10 Å². The number of amides is 1. The van der Waals surface area contributed by atoms with Crippen molar-refractivity contribution in [3.05, 3.63) is 46.3 Å². The Morgan fingerprint density at radius 2 is 2.19 bits per heavy atom. The maximum absolute atomic E-state index is 12.8. The van der Waals surface area contributed by atoms with E-state index in [1.54, 1.807) is 0 Å². The number of hydrogen-bond acceptors (Lipinski definition) is 3. The van der Waals surface area contributed by atoms with Crippen molar-refractivity contribution in [2.45, 2.75) is 52.4 Å². The van der Waals surface area contributed by atoms with Crippen molar-refractivity contribution in [2.75, 3.05) is 19.6 Å². The summed E-state index contributed by atoms with van der Waals surface area (Å²) in [7, 11) is 0. The number of fused-ring (bicyclic) bond motifs is 1. The first-order valence-corrected chi connectivity index (χ1v) is 10.3. The number of hydrogen-bond donors (Lipinski definition) is 2. The summed E-state index contributed by atoms with van der Waals surface area (Å²) in [6, 6.07) is 6.41. The van der Waals surface area contributed by atoms with Crippen LogP contribution in [-0.2, 0) is 12.8 Å². The maximum Gasteiger partial charge on any atom is 0.272 e. The SMILES string of the molecule is Cc1ccc(-n2nc(C(=O)NCCC3CCCNC3)c3c2CCC3)c(C)c1. The van der Waals surface area contributed by atoms with E-state index in [1.807, 2.05) is 4.68 Å². The van der Waals surface area contributed by atoms with Crippen LogP contribution in [-0.4, -0.2) is 35.3 Å². The molecule has 1 aromatic carbocycles. The summed E-state index contributed by atoms with van der Waals surface area (Å²) in [6.45, 7) is 7.15. The van der Waals surface area contributed by atoms with E-state index in [0.29, 0.717) is 11.6 Å². The minimum absolute atomic E-state index is 0.0135. The van der Waals surface area contributed by atoms with Gasteiger partial charge in [-0.3, -0.25) is 4.79 Å². The molecule has 0 saturated carbocycles. The summed E-state index contributed by atoms with van der Waals surface area (Å²) in [5.74, 6) is 0.665. The molecular weight excluding hydrogens is 336 g/mol. The van der Waals surface area contributed by atoms with Gasteiger partial charge in [0, 0.05) is 17.8 Å². The van der Waals surface area contributed by atoms with E-state index < -0.39 is 0 Å². The topological polar surface area (TPSA) is 59.0 Å². The van der Waals surface area contributed by atoms with Crippen LogP contribution < -0.4 is 10.6 Å². The van der Waals surface area contributed by atoms with Gasteiger partial charge in [0.05, 0.1) is 5.69 Å². The zero-order valence-corrected chi connectivity index (χ0v) is 16.5. The molecule has 1 saturated heterocycles. The number of nitrogens with zero attached hydrogens (tertiary/aromatic N) is 2. The Morgan fingerprint density at radius 1 is 1.30 bits per heavy atom. The molecule has 1 aliphatic carbocycles. The molecule has 2 heterocycles. The van der Waals surface area contributed by atoms with E-state index in [-0.39, 0.29) is 5.91 Å². The van der Waals surface area contributed by atoms with E-state index in [9.17, 15) is 4.79 Å². The van der Waals surface area contributed by atoms with Crippen LogP contribution in [0, 0.1) is 19.8 Å². The highest BCUT2D eigenvalue weighted by molar-refractivity contribution is 5.94. The molecule has 27 heavy (non-hydrogen) atoms. The van der Waals surface area contributed by atoms with Gasteiger partial charge in [0.15, 0.2) is 5.69 Å². The Labute approximate surface area is 161 Å². The molecule has 2 N–H and O–H groups in total. The zero-order valence-electron chi connectivity index (χ0n) is 16.5. The normalized spacial score (nSPS) is 19.1. The van der Waals surface area contributed by atoms with Crippen LogP contribution in [0.3, 0.4) is 0 Å². The van der Waals surface area contributed by atoms with E-state index in [1.165, 1.54) is 29.7 Å². The van der Waals surface area contributed by atoms with E-state index >= 15 is 0 Å². The highest BCUT2D eigenvalue weighted by Gasteiger charge is 2.27. The third-order valence-corrected chi connectivity index (χ3v) is 5.96. The van der Waals surface area contributed by atoms with Crippen LogP contribution >= 0.6 is 0 Å². The fraction of sp³-hybridized carbons (Fsp3) is 0.545. The first-order valence-electron chi connectivity index (χ1n) is 10.3. The number of rotatable bonds is 5. The van der Waals surface area contributed by atoms with Crippen LogP contribution in [0.2, 0.25) is 0 Å². The van der Waals surface area contributed by atoms with Crippen molar-refractivity contribution < 1.29 is 4.79 Å². The Hall–Kier alpha value is -2.14. The summed E-state index contributed by atoms with van der Waals surface area (Å²) in [4.78, 5) is 12.8. The van der Waals surface area contributed by atoms with Gasteiger partial charge in [0.1, 0.15) is 0 Å². The second-order valence-electron chi connectivity index (χ2n) is 8.09. The first-order chi connectivity index (χ1) is 13.1. The van der Waals surface area contributed by atoms with Crippen LogP contribution in [0.4, 0.5) is 0 Å². The molecule has 1 aromatic heterocycles. The molecule has 0 radical (unpaired) electrons. The second-order valence-corrected chi connectivity index (χ2v) is 8.09. The van der Waals surface area contributed by atoms with Gasteiger partial charge in [-0.1, -0.05) is 17.7 Å². The molecule has 1 fully saturated rings. The average Bonchev–Trinajstić information content (AvgIpc) is 3.26. The van der Waals surface area contributed by atoms with Crippen molar-refractivity contribution in [3.8, 4) is 5.69 Å². The summed E-state index contributed by atoms with van der Waals surface area (Å²) < 4.78 is 2.01. The lowest BCUT2D eigenvalue weighted by molar-refractivity contribution is 0.0944. The van der Waals surface area contributed by atoms with Gasteiger partial charge >= 0.3 is 0 Å². The fourth-order valence-corrected chi connectivity index (χ4v) is 4.51. The van der Waals surface area contributed by atoms with E-state index in [2.05, 4.69) is 42.7 Å². The Kier molecular flexibility index (Phi) is 5.30. The molecule has 1 amide bonds. The zero-order chi connectivity index (χ0) is 18.8. The van der Waals surface area contributed by atoms with Crippen LogP contribution in [0.5, 0.6) is 0 Å². The maximum atomic E-state index is 12.8. The monoisotopic (exact) mass is 366 g/mol. The minimum Gasteiger partial charge on any atom is -0.351 e. The first kappa shape index (κ1) is 18.2. The molecule has 144 valence electrons. The Morgan fingerprint density at radius 3 is 2.96 bits per heavy atom. The lowest BCUT2D eigenvalue weighted by Crippen LogP contribution is -2.33. The number of aryl methyl sites for hydroxylation is 2. The smallest absolute Gasteiger partial charge is 0.272 e. The van der Waals surface area contributed by atoms with Gasteiger partial charge in [-0.05, 0) is 83.0 Å². The average molecular weight is 367 g/mol.